The third-order valence-electron chi connectivity index (χ3n) is 7.18. The number of nitrogens with one attached hydrogen (secondary N) is 2. The van der Waals surface area contributed by atoms with Crippen molar-refractivity contribution >= 4 is 28.3 Å². The maximum atomic E-state index is 13.2. The minimum absolute atomic E-state index is 0.290. The summed E-state index contributed by atoms with van der Waals surface area (Å²) in [7, 11) is 3.85. The van der Waals surface area contributed by atoms with Gasteiger partial charge >= 0.3 is 0 Å². The van der Waals surface area contributed by atoms with Crippen molar-refractivity contribution in [3.05, 3.63) is 66.2 Å². The zero-order valence-electron chi connectivity index (χ0n) is 22.9. The van der Waals surface area contributed by atoms with Crippen LogP contribution in [0.2, 0.25) is 0 Å². The molecule has 1 aromatic carbocycles. The quantitative estimate of drug-likeness (QED) is 0.323. The van der Waals surface area contributed by atoms with Crippen molar-refractivity contribution in [3.63, 3.8) is 0 Å². The van der Waals surface area contributed by atoms with Crippen LogP contribution >= 0.6 is 0 Å². The number of H-pyrrole nitrogens is 1. The van der Waals surface area contributed by atoms with Gasteiger partial charge in [0.25, 0.3) is 5.91 Å². The predicted octanol–water partition coefficient (Wildman–Crippen LogP) is 3.49. The number of piperazine rings is 1. The first kappa shape index (κ1) is 26.7. The van der Waals surface area contributed by atoms with E-state index in [9.17, 15) is 4.79 Å². The molecule has 204 valence electrons. The molecule has 4 aromatic rings. The lowest BCUT2D eigenvalue weighted by molar-refractivity contribution is 0.102. The fourth-order valence-corrected chi connectivity index (χ4v) is 4.84. The minimum atomic E-state index is -0.290. The van der Waals surface area contributed by atoms with Crippen LogP contribution in [0, 0.1) is 0 Å². The van der Waals surface area contributed by atoms with E-state index in [4.69, 9.17) is 4.74 Å². The lowest BCUT2D eigenvalue weighted by atomic mass is 10.0. The van der Waals surface area contributed by atoms with E-state index in [2.05, 4.69) is 60.2 Å². The number of aromatic amines is 1. The van der Waals surface area contributed by atoms with Crippen LogP contribution in [0.15, 0.2) is 55.0 Å². The van der Waals surface area contributed by atoms with Crippen molar-refractivity contribution in [2.45, 2.75) is 13.5 Å². The average molecular weight is 529 g/mol. The Kier molecular flexibility index (Phi) is 8.45. The van der Waals surface area contributed by atoms with Crippen molar-refractivity contribution in [3.8, 4) is 11.1 Å². The van der Waals surface area contributed by atoms with Gasteiger partial charge in [0.1, 0.15) is 5.82 Å². The molecule has 1 fully saturated rings. The molecular weight excluding hydrogens is 492 g/mol. The van der Waals surface area contributed by atoms with Gasteiger partial charge in [0.05, 0.1) is 24.0 Å². The summed E-state index contributed by atoms with van der Waals surface area (Å²) in [5, 5.41) is 11.0. The van der Waals surface area contributed by atoms with Crippen molar-refractivity contribution < 1.29 is 9.53 Å². The van der Waals surface area contributed by atoms with E-state index in [1.807, 2.05) is 42.7 Å². The summed E-state index contributed by atoms with van der Waals surface area (Å²) in [6, 6.07) is 11.9. The molecule has 0 atom stereocenters. The zero-order valence-corrected chi connectivity index (χ0v) is 22.9. The molecule has 0 aliphatic carbocycles. The predicted molar refractivity (Wildman–Crippen MR) is 154 cm³/mol. The van der Waals surface area contributed by atoms with Crippen molar-refractivity contribution in [1.29, 1.82) is 0 Å². The first-order valence-electron chi connectivity index (χ1n) is 13.4. The van der Waals surface area contributed by atoms with Gasteiger partial charge in [-0.05, 0) is 55.4 Å². The molecule has 0 spiro atoms. The van der Waals surface area contributed by atoms with E-state index in [0.717, 1.165) is 73.7 Å². The van der Waals surface area contributed by atoms with E-state index < -0.39 is 0 Å². The fourth-order valence-electron chi connectivity index (χ4n) is 4.84. The van der Waals surface area contributed by atoms with Gasteiger partial charge in [-0.3, -0.25) is 19.8 Å². The maximum absolute atomic E-state index is 13.2. The third kappa shape index (κ3) is 6.42. The van der Waals surface area contributed by atoms with Crippen LogP contribution in [0.1, 0.15) is 23.0 Å². The first-order chi connectivity index (χ1) is 19.0. The molecule has 2 N–H and O–H groups in total. The Hall–Kier alpha value is -3.86. The number of carbonyl (C=O) groups is 1. The monoisotopic (exact) mass is 528 g/mol. The second kappa shape index (κ2) is 12.3. The largest absolute Gasteiger partial charge is 0.383 e. The Bertz CT molecular complexity index is 1400. The summed E-state index contributed by atoms with van der Waals surface area (Å²) in [6.07, 6.45) is 5.47. The number of benzene rings is 1. The third-order valence-corrected chi connectivity index (χ3v) is 7.18. The zero-order chi connectivity index (χ0) is 27.2. The van der Waals surface area contributed by atoms with Crippen LogP contribution in [0.4, 0.5) is 11.5 Å². The average Bonchev–Trinajstić information content (AvgIpc) is 3.39. The van der Waals surface area contributed by atoms with Gasteiger partial charge in [-0.2, -0.15) is 5.10 Å². The molecular formula is C29H36N8O2. The van der Waals surface area contributed by atoms with Crippen LogP contribution in [0.3, 0.4) is 0 Å². The summed E-state index contributed by atoms with van der Waals surface area (Å²) in [6.45, 7) is 9.43. The summed E-state index contributed by atoms with van der Waals surface area (Å²) in [4.78, 5) is 29.1. The molecule has 4 heterocycles. The Balaban J connectivity index is 1.31. The normalized spacial score (nSPS) is 14.5. The Morgan fingerprint density at radius 3 is 2.67 bits per heavy atom. The highest BCUT2D eigenvalue weighted by Crippen LogP contribution is 2.26. The number of hydrogen-bond acceptors (Lipinski definition) is 8. The standard InChI is InChI=1S/C29H36N8O2/c1-4-37(13-14-39-3)27-8-6-24(19-31-27)32-29(38)28-25-16-22(5-7-26(25)33-34-28)23-15-21(17-30-18-23)20-36-11-9-35(2)10-12-36/h5-8,15-19H,4,9-14,20H2,1-3H3,(H,32,38)(H,33,34). The van der Waals surface area contributed by atoms with Crippen LogP contribution < -0.4 is 10.2 Å². The second-order valence-corrected chi connectivity index (χ2v) is 9.93. The number of amides is 1. The smallest absolute Gasteiger partial charge is 0.276 e. The molecule has 1 amide bonds. The molecule has 10 heteroatoms. The molecule has 1 aliphatic heterocycles. The van der Waals surface area contributed by atoms with Gasteiger partial charge in [-0.15, -0.1) is 0 Å². The fraction of sp³-hybridized carbons (Fsp3) is 0.379. The summed E-state index contributed by atoms with van der Waals surface area (Å²) in [5.41, 5.74) is 4.95. The lowest BCUT2D eigenvalue weighted by Gasteiger charge is -2.32. The van der Waals surface area contributed by atoms with Gasteiger partial charge in [-0.25, -0.2) is 4.98 Å². The van der Waals surface area contributed by atoms with Crippen molar-refractivity contribution in [1.82, 2.24) is 30.0 Å². The van der Waals surface area contributed by atoms with Gasteiger partial charge in [0.2, 0.25) is 0 Å². The van der Waals surface area contributed by atoms with Crippen LogP contribution in [0.5, 0.6) is 0 Å². The number of likely N-dealkylation sites (N-methyl/N-ethyl adjacent to an activating group) is 2. The van der Waals surface area contributed by atoms with Crippen LogP contribution in [-0.2, 0) is 11.3 Å². The molecule has 10 nitrogen and oxygen atoms in total. The number of pyridine rings is 2. The van der Waals surface area contributed by atoms with E-state index in [-0.39, 0.29) is 5.91 Å². The number of hydrogen-bond donors (Lipinski definition) is 2. The number of anilines is 2. The number of fused-ring (bicyclic) bond motifs is 1. The number of carbonyl (C=O) groups excluding carboxylic acids is 1. The van der Waals surface area contributed by atoms with Crippen molar-refractivity contribution in [2.75, 3.05) is 70.2 Å². The van der Waals surface area contributed by atoms with Gasteiger partial charge in [0, 0.05) is 76.3 Å². The Labute approximate surface area is 229 Å². The molecule has 1 saturated heterocycles. The Morgan fingerprint density at radius 1 is 1.08 bits per heavy atom. The van der Waals surface area contributed by atoms with E-state index in [1.165, 1.54) is 5.56 Å². The number of ether oxygens (including phenoxy) is 1. The highest BCUT2D eigenvalue weighted by molar-refractivity contribution is 6.11. The van der Waals surface area contributed by atoms with Crippen LogP contribution in [-0.4, -0.2) is 95.9 Å². The molecule has 5 rings (SSSR count). The molecule has 0 radical (unpaired) electrons. The molecule has 39 heavy (non-hydrogen) atoms. The van der Waals surface area contributed by atoms with E-state index in [0.29, 0.717) is 18.0 Å². The molecule has 0 saturated carbocycles. The topological polar surface area (TPSA) is 103 Å². The maximum Gasteiger partial charge on any atom is 0.276 e. The summed E-state index contributed by atoms with van der Waals surface area (Å²) in [5.74, 6) is 0.549. The number of aromatic nitrogens is 4. The minimum Gasteiger partial charge on any atom is -0.383 e. The number of methoxy groups -OCH3 is 1. The lowest BCUT2D eigenvalue weighted by Crippen LogP contribution is -2.43. The second-order valence-electron chi connectivity index (χ2n) is 9.93. The number of nitrogens with zero attached hydrogens (tertiary/aromatic N) is 6. The first-order valence-corrected chi connectivity index (χ1v) is 13.4. The highest BCUT2D eigenvalue weighted by atomic mass is 16.5. The molecule has 1 aliphatic rings. The molecule has 0 bridgehead atoms. The van der Waals surface area contributed by atoms with Crippen LogP contribution in [0.25, 0.3) is 22.0 Å². The molecule has 3 aromatic heterocycles. The van der Waals surface area contributed by atoms with E-state index in [1.54, 1.807) is 13.3 Å². The summed E-state index contributed by atoms with van der Waals surface area (Å²) >= 11 is 0. The van der Waals surface area contributed by atoms with Gasteiger partial charge in [0.15, 0.2) is 5.69 Å². The Morgan fingerprint density at radius 2 is 1.92 bits per heavy atom. The van der Waals surface area contributed by atoms with Crippen molar-refractivity contribution in [2.24, 2.45) is 0 Å². The van der Waals surface area contributed by atoms with Gasteiger partial charge in [-0.1, -0.05) is 6.07 Å². The number of rotatable bonds is 10. The van der Waals surface area contributed by atoms with E-state index >= 15 is 0 Å². The summed E-state index contributed by atoms with van der Waals surface area (Å²) < 4.78 is 5.18. The molecule has 0 unspecified atom stereocenters. The van der Waals surface area contributed by atoms with Gasteiger partial charge < -0.3 is 19.9 Å². The highest BCUT2D eigenvalue weighted by Gasteiger charge is 2.17. The SMILES string of the molecule is CCN(CCOC)c1ccc(NC(=O)c2n[nH]c3ccc(-c4cncc(CN5CCN(C)CC5)c4)cc23)cn1.